The molecule has 1 N–H and O–H groups in total. The van der Waals surface area contributed by atoms with E-state index in [1.807, 2.05) is 13.8 Å². The first-order valence-electron chi connectivity index (χ1n) is 3.59. The highest BCUT2D eigenvalue weighted by Gasteiger charge is 2.05. The average molecular weight is 152 g/mol. The smallest absolute Gasteiger partial charge is 0.125 e. The van der Waals surface area contributed by atoms with Gasteiger partial charge in [0.05, 0.1) is 6.10 Å². The zero-order chi connectivity index (χ0) is 8.43. The predicted octanol–water partition coefficient (Wildman–Crippen LogP) is 1.15. The Kier molecular flexibility index (Phi) is 2.19. The number of nitrogens with zero attached hydrogens (tertiary/aromatic N) is 2. The number of hydrogen-bond acceptors (Lipinski definition) is 3. The van der Waals surface area contributed by atoms with Gasteiger partial charge in [-0.2, -0.15) is 0 Å². The third-order valence-electron chi connectivity index (χ3n) is 1.59. The fraction of sp³-hybridized carbons (Fsp3) is 0.500. The normalized spacial score (nSPS) is 13.1. The highest BCUT2D eigenvalue weighted by molar-refractivity contribution is 5.17. The van der Waals surface area contributed by atoms with Crippen molar-refractivity contribution >= 4 is 0 Å². The second kappa shape index (κ2) is 2.96. The van der Waals surface area contributed by atoms with E-state index in [1.165, 1.54) is 0 Å². The Bertz CT molecular complexity index is 258. The molecule has 0 radical (unpaired) electrons. The summed E-state index contributed by atoms with van der Waals surface area (Å²) in [5.41, 5.74) is 1.66. The van der Waals surface area contributed by atoms with E-state index in [1.54, 1.807) is 13.1 Å². The first-order valence-corrected chi connectivity index (χ1v) is 3.59. The second-order valence-electron chi connectivity index (χ2n) is 2.63. The molecule has 0 aromatic carbocycles. The van der Waals surface area contributed by atoms with Crippen molar-refractivity contribution in [1.82, 2.24) is 9.97 Å². The molecule has 1 heterocycles. The Morgan fingerprint density at radius 2 is 2.09 bits per heavy atom. The van der Waals surface area contributed by atoms with Gasteiger partial charge in [0.2, 0.25) is 0 Å². The van der Waals surface area contributed by atoms with Gasteiger partial charge in [-0.3, -0.25) is 0 Å². The van der Waals surface area contributed by atoms with Gasteiger partial charge >= 0.3 is 0 Å². The second-order valence-corrected chi connectivity index (χ2v) is 2.63. The average Bonchev–Trinajstić information content (AvgIpc) is 1.85. The highest BCUT2D eigenvalue weighted by atomic mass is 16.3. The Morgan fingerprint density at radius 3 is 2.55 bits per heavy atom. The van der Waals surface area contributed by atoms with E-state index in [9.17, 15) is 5.11 Å². The van der Waals surface area contributed by atoms with Gasteiger partial charge in [0, 0.05) is 17.5 Å². The number of aromatic nitrogens is 2. The standard InChI is InChI=1S/C8H12N2O/c1-5-8(6(2)11)4-9-7(3)10-5/h4,6,11H,1-3H3. The molecule has 0 aliphatic heterocycles. The summed E-state index contributed by atoms with van der Waals surface area (Å²) < 4.78 is 0. The van der Waals surface area contributed by atoms with Crippen molar-refractivity contribution in [2.75, 3.05) is 0 Å². The van der Waals surface area contributed by atoms with Gasteiger partial charge in [0.25, 0.3) is 0 Å². The van der Waals surface area contributed by atoms with Crippen molar-refractivity contribution in [1.29, 1.82) is 0 Å². The van der Waals surface area contributed by atoms with Crippen LogP contribution in [0.4, 0.5) is 0 Å². The molecule has 0 spiro atoms. The van der Waals surface area contributed by atoms with E-state index in [4.69, 9.17) is 0 Å². The van der Waals surface area contributed by atoms with Crippen molar-refractivity contribution < 1.29 is 5.11 Å². The highest BCUT2D eigenvalue weighted by Crippen LogP contribution is 2.13. The van der Waals surface area contributed by atoms with E-state index in [2.05, 4.69) is 9.97 Å². The van der Waals surface area contributed by atoms with Crippen LogP contribution in [0.3, 0.4) is 0 Å². The molecule has 0 aliphatic carbocycles. The first kappa shape index (κ1) is 8.14. The van der Waals surface area contributed by atoms with Crippen molar-refractivity contribution in [3.8, 4) is 0 Å². The monoisotopic (exact) mass is 152 g/mol. The van der Waals surface area contributed by atoms with Gasteiger partial charge in [-0.05, 0) is 20.8 Å². The Balaban J connectivity index is 3.09. The fourth-order valence-corrected chi connectivity index (χ4v) is 1.00. The molecule has 0 bridgehead atoms. The van der Waals surface area contributed by atoms with Gasteiger partial charge in [-0.1, -0.05) is 0 Å². The predicted molar refractivity (Wildman–Crippen MR) is 42.1 cm³/mol. The molecule has 1 unspecified atom stereocenters. The van der Waals surface area contributed by atoms with Crippen LogP contribution in [0.15, 0.2) is 6.20 Å². The summed E-state index contributed by atoms with van der Waals surface area (Å²) in [7, 11) is 0. The summed E-state index contributed by atoms with van der Waals surface area (Å²) in [5.74, 6) is 0.743. The summed E-state index contributed by atoms with van der Waals surface area (Å²) in [6.45, 7) is 5.41. The Hall–Kier alpha value is -0.960. The molecule has 60 valence electrons. The molecule has 1 aromatic heterocycles. The quantitative estimate of drug-likeness (QED) is 0.656. The maximum atomic E-state index is 9.22. The summed E-state index contributed by atoms with van der Waals surface area (Å²) in [6.07, 6.45) is 1.19. The fourth-order valence-electron chi connectivity index (χ4n) is 1.00. The maximum Gasteiger partial charge on any atom is 0.125 e. The van der Waals surface area contributed by atoms with Gasteiger partial charge in [0.1, 0.15) is 5.82 Å². The van der Waals surface area contributed by atoms with E-state index in [0.29, 0.717) is 0 Å². The summed E-state index contributed by atoms with van der Waals surface area (Å²) >= 11 is 0. The molecule has 1 rings (SSSR count). The van der Waals surface area contributed by atoms with E-state index < -0.39 is 6.10 Å². The minimum atomic E-state index is -0.476. The van der Waals surface area contributed by atoms with Crippen LogP contribution in [0.2, 0.25) is 0 Å². The number of rotatable bonds is 1. The number of aryl methyl sites for hydroxylation is 2. The van der Waals surface area contributed by atoms with Gasteiger partial charge in [-0.15, -0.1) is 0 Å². The molecular weight excluding hydrogens is 140 g/mol. The summed E-state index contributed by atoms with van der Waals surface area (Å²) in [4.78, 5) is 8.11. The van der Waals surface area contributed by atoms with Crippen molar-refractivity contribution in [3.05, 3.63) is 23.3 Å². The molecule has 3 heteroatoms. The molecule has 1 aromatic rings. The SMILES string of the molecule is Cc1ncc(C(C)O)c(C)n1. The van der Waals surface area contributed by atoms with Crippen molar-refractivity contribution in [3.63, 3.8) is 0 Å². The third kappa shape index (κ3) is 1.74. The number of aliphatic hydroxyl groups is 1. The molecule has 11 heavy (non-hydrogen) atoms. The lowest BCUT2D eigenvalue weighted by Gasteiger charge is -2.06. The molecule has 1 atom stereocenters. The van der Waals surface area contributed by atoms with Crippen LogP contribution in [-0.2, 0) is 0 Å². The minimum absolute atomic E-state index is 0.476. The van der Waals surface area contributed by atoms with E-state index >= 15 is 0 Å². The topological polar surface area (TPSA) is 46.0 Å². The molecular formula is C8H12N2O. The summed E-state index contributed by atoms with van der Waals surface area (Å²) in [6, 6.07) is 0. The van der Waals surface area contributed by atoms with Crippen LogP contribution in [-0.4, -0.2) is 15.1 Å². The van der Waals surface area contributed by atoms with Crippen LogP contribution in [0, 0.1) is 13.8 Å². The lowest BCUT2D eigenvalue weighted by Crippen LogP contribution is -2.00. The molecule has 0 saturated carbocycles. The number of aliphatic hydroxyl groups excluding tert-OH is 1. The minimum Gasteiger partial charge on any atom is -0.389 e. The maximum absolute atomic E-state index is 9.22. The molecule has 0 aliphatic rings. The lowest BCUT2D eigenvalue weighted by molar-refractivity contribution is 0.197. The summed E-state index contributed by atoms with van der Waals surface area (Å²) in [5, 5.41) is 9.22. The van der Waals surface area contributed by atoms with Gasteiger partial charge < -0.3 is 5.11 Å². The Labute approximate surface area is 66.1 Å². The zero-order valence-electron chi connectivity index (χ0n) is 7.00. The molecule has 0 fully saturated rings. The Morgan fingerprint density at radius 1 is 1.45 bits per heavy atom. The van der Waals surface area contributed by atoms with Crippen molar-refractivity contribution in [2.24, 2.45) is 0 Å². The molecule has 0 amide bonds. The molecule has 3 nitrogen and oxygen atoms in total. The zero-order valence-corrected chi connectivity index (χ0v) is 7.00. The van der Waals surface area contributed by atoms with Crippen LogP contribution in [0.25, 0.3) is 0 Å². The number of hydrogen-bond donors (Lipinski definition) is 1. The third-order valence-corrected chi connectivity index (χ3v) is 1.59. The van der Waals surface area contributed by atoms with Gasteiger partial charge in [-0.25, -0.2) is 9.97 Å². The lowest BCUT2D eigenvalue weighted by atomic mass is 10.1. The molecule has 0 saturated heterocycles. The first-order chi connectivity index (χ1) is 5.11. The van der Waals surface area contributed by atoms with E-state index in [0.717, 1.165) is 17.1 Å². The van der Waals surface area contributed by atoms with E-state index in [-0.39, 0.29) is 0 Å². The largest absolute Gasteiger partial charge is 0.389 e. The van der Waals surface area contributed by atoms with Crippen LogP contribution in [0.5, 0.6) is 0 Å². The van der Waals surface area contributed by atoms with Crippen LogP contribution >= 0.6 is 0 Å². The van der Waals surface area contributed by atoms with Crippen molar-refractivity contribution in [2.45, 2.75) is 26.9 Å². The van der Waals surface area contributed by atoms with Gasteiger partial charge in [0.15, 0.2) is 0 Å². The van der Waals surface area contributed by atoms with Crippen LogP contribution < -0.4 is 0 Å². The van der Waals surface area contributed by atoms with Crippen LogP contribution in [0.1, 0.15) is 30.1 Å².